The number of nitrogens with zero attached hydrogens (tertiary/aromatic N) is 4. The Hall–Kier alpha value is -2.24. The van der Waals surface area contributed by atoms with Gasteiger partial charge in [0.05, 0.1) is 24.7 Å². The van der Waals surface area contributed by atoms with E-state index in [9.17, 15) is 4.79 Å². The van der Waals surface area contributed by atoms with E-state index < -0.39 is 0 Å². The van der Waals surface area contributed by atoms with Crippen LogP contribution in [0.3, 0.4) is 0 Å². The number of aryl methyl sites for hydroxylation is 1. The Labute approximate surface area is 161 Å². The van der Waals surface area contributed by atoms with E-state index in [1.807, 2.05) is 0 Å². The van der Waals surface area contributed by atoms with Crippen LogP contribution in [0.25, 0.3) is 11.0 Å². The lowest BCUT2D eigenvalue weighted by molar-refractivity contribution is 0.119. The number of methoxy groups -OCH3 is 1. The lowest BCUT2D eigenvalue weighted by Gasteiger charge is -2.28. The highest BCUT2D eigenvalue weighted by Gasteiger charge is 2.26. The number of amides is 1. The number of fused-ring (bicyclic) bond motifs is 3. The molecule has 0 saturated carbocycles. The van der Waals surface area contributed by atoms with E-state index in [2.05, 4.69) is 28.5 Å². The molecule has 6 heteroatoms. The second-order valence-corrected chi connectivity index (χ2v) is 7.68. The first-order valence-electron chi connectivity index (χ1n) is 10.3. The molecule has 1 amide bonds. The number of anilines is 1. The molecule has 2 aliphatic heterocycles. The Morgan fingerprint density at radius 2 is 2.00 bits per heavy atom. The Bertz CT molecular complexity index is 823. The van der Waals surface area contributed by atoms with E-state index >= 15 is 0 Å². The quantitative estimate of drug-likeness (QED) is 0.818. The van der Waals surface area contributed by atoms with Crippen molar-refractivity contribution >= 4 is 23.1 Å². The molecule has 1 fully saturated rings. The first-order chi connectivity index (χ1) is 13.2. The molecule has 0 atom stereocenters. The van der Waals surface area contributed by atoms with Gasteiger partial charge in [-0.3, -0.25) is 0 Å². The fraction of sp³-hybridized carbons (Fsp3) is 0.619. The van der Waals surface area contributed by atoms with Crippen LogP contribution >= 0.6 is 0 Å². The fourth-order valence-corrected chi connectivity index (χ4v) is 4.37. The van der Waals surface area contributed by atoms with E-state index in [-0.39, 0.29) is 6.09 Å². The second kappa shape index (κ2) is 7.79. The van der Waals surface area contributed by atoms with Crippen LogP contribution in [-0.2, 0) is 24.2 Å². The normalized spacial score (nSPS) is 17.3. The van der Waals surface area contributed by atoms with Gasteiger partial charge < -0.3 is 19.1 Å². The molecule has 3 heterocycles. The fourth-order valence-electron chi connectivity index (χ4n) is 4.37. The molecule has 0 unspecified atom stereocenters. The molecular weight excluding hydrogens is 340 g/mol. The van der Waals surface area contributed by atoms with Crippen LogP contribution in [0.1, 0.15) is 50.2 Å². The number of rotatable bonds is 4. The van der Waals surface area contributed by atoms with Crippen LogP contribution in [0.15, 0.2) is 12.1 Å². The molecule has 4 rings (SSSR count). The maximum atomic E-state index is 12.0. The third-order valence-electron chi connectivity index (χ3n) is 5.91. The summed E-state index contributed by atoms with van der Waals surface area (Å²) in [6.07, 6.45) is 6.73. The molecule has 0 N–H and O–H groups in total. The van der Waals surface area contributed by atoms with Gasteiger partial charge in [-0.1, -0.05) is 19.4 Å². The van der Waals surface area contributed by atoms with Crippen molar-refractivity contribution < 1.29 is 9.53 Å². The summed E-state index contributed by atoms with van der Waals surface area (Å²) < 4.78 is 7.35. The Morgan fingerprint density at radius 3 is 2.74 bits per heavy atom. The maximum absolute atomic E-state index is 12.0. The third kappa shape index (κ3) is 3.37. The minimum atomic E-state index is -0.251. The summed E-state index contributed by atoms with van der Waals surface area (Å²) >= 11 is 0. The van der Waals surface area contributed by atoms with Crippen molar-refractivity contribution in [2.45, 2.75) is 58.5 Å². The Morgan fingerprint density at radius 1 is 1.19 bits per heavy atom. The Balaban J connectivity index is 1.78. The van der Waals surface area contributed by atoms with Gasteiger partial charge in [0.25, 0.3) is 0 Å². The van der Waals surface area contributed by atoms with Crippen molar-refractivity contribution in [1.29, 1.82) is 0 Å². The van der Waals surface area contributed by atoms with Crippen molar-refractivity contribution in [2.75, 3.05) is 31.6 Å². The standard InChI is InChI=1S/C21H30N4O2/c1-3-4-13-25-18-9-8-16-10-14-24(21(26)27-2)15-17(16)19(18)22-20(25)23-11-6-5-7-12-23/h8-9H,3-7,10-15H2,1-2H3. The summed E-state index contributed by atoms with van der Waals surface area (Å²) in [4.78, 5) is 21.4. The van der Waals surface area contributed by atoms with Crippen molar-refractivity contribution in [2.24, 2.45) is 0 Å². The number of hydrogen-bond donors (Lipinski definition) is 0. The lowest BCUT2D eigenvalue weighted by Crippen LogP contribution is -2.35. The third-order valence-corrected chi connectivity index (χ3v) is 5.91. The molecule has 2 aromatic rings. The largest absolute Gasteiger partial charge is 0.453 e. The first kappa shape index (κ1) is 18.1. The van der Waals surface area contributed by atoms with Gasteiger partial charge in [-0.2, -0.15) is 0 Å². The van der Waals surface area contributed by atoms with Crippen molar-refractivity contribution in [3.63, 3.8) is 0 Å². The van der Waals surface area contributed by atoms with Crippen LogP contribution < -0.4 is 4.90 Å². The highest BCUT2D eigenvalue weighted by molar-refractivity contribution is 5.84. The summed E-state index contributed by atoms with van der Waals surface area (Å²) in [5.41, 5.74) is 4.78. The lowest BCUT2D eigenvalue weighted by atomic mass is 9.98. The molecule has 0 radical (unpaired) electrons. The highest BCUT2D eigenvalue weighted by atomic mass is 16.5. The minimum absolute atomic E-state index is 0.251. The van der Waals surface area contributed by atoms with Crippen LogP contribution in [0.5, 0.6) is 0 Å². The summed E-state index contributed by atoms with van der Waals surface area (Å²) in [7, 11) is 1.45. The molecule has 6 nitrogen and oxygen atoms in total. The maximum Gasteiger partial charge on any atom is 0.409 e. The highest BCUT2D eigenvalue weighted by Crippen LogP contribution is 2.32. The van der Waals surface area contributed by atoms with Gasteiger partial charge in [-0.05, 0) is 43.7 Å². The summed E-state index contributed by atoms with van der Waals surface area (Å²) in [5.74, 6) is 1.11. The van der Waals surface area contributed by atoms with Crippen LogP contribution in [0.2, 0.25) is 0 Å². The number of carbonyl (C=O) groups is 1. The molecule has 2 aliphatic rings. The van der Waals surface area contributed by atoms with Crippen LogP contribution in [-0.4, -0.2) is 47.3 Å². The second-order valence-electron chi connectivity index (χ2n) is 7.68. The molecule has 1 saturated heterocycles. The first-order valence-corrected chi connectivity index (χ1v) is 10.3. The van der Waals surface area contributed by atoms with Crippen molar-refractivity contribution in [3.05, 3.63) is 23.3 Å². The average Bonchev–Trinajstić information content (AvgIpc) is 3.10. The van der Waals surface area contributed by atoms with Crippen LogP contribution in [0, 0.1) is 0 Å². The van der Waals surface area contributed by atoms with E-state index in [0.717, 1.165) is 43.9 Å². The van der Waals surface area contributed by atoms with Gasteiger partial charge in [0.2, 0.25) is 5.95 Å². The zero-order valence-electron chi connectivity index (χ0n) is 16.5. The zero-order valence-corrected chi connectivity index (χ0v) is 16.5. The minimum Gasteiger partial charge on any atom is -0.453 e. The van der Waals surface area contributed by atoms with Gasteiger partial charge in [0.15, 0.2) is 0 Å². The molecule has 1 aromatic heterocycles. The van der Waals surface area contributed by atoms with Gasteiger partial charge in [0.1, 0.15) is 0 Å². The average molecular weight is 370 g/mol. The monoisotopic (exact) mass is 370 g/mol. The number of carbonyl (C=O) groups excluding carboxylic acids is 1. The van der Waals surface area contributed by atoms with Crippen molar-refractivity contribution in [1.82, 2.24) is 14.5 Å². The zero-order chi connectivity index (χ0) is 18.8. The smallest absolute Gasteiger partial charge is 0.409 e. The predicted octanol–water partition coefficient (Wildman–Crippen LogP) is 3.95. The molecule has 0 aliphatic carbocycles. The van der Waals surface area contributed by atoms with Gasteiger partial charge >= 0.3 is 6.09 Å². The van der Waals surface area contributed by atoms with E-state index in [1.165, 1.54) is 49.4 Å². The number of hydrogen-bond acceptors (Lipinski definition) is 4. The molecular formula is C21H30N4O2. The number of imidazole rings is 1. The van der Waals surface area contributed by atoms with Gasteiger partial charge in [0, 0.05) is 31.7 Å². The van der Waals surface area contributed by atoms with Gasteiger partial charge in [-0.15, -0.1) is 0 Å². The molecule has 27 heavy (non-hydrogen) atoms. The van der Waals surface area contributed by atoms with E-state index in [0.29, 0.717) is 13.1 Å². The molecule has 0 spiro atoms. The summed E-state index contributed by atoms with van der Waals surface area (Å²) in [6.45, 7) is 6.70. The Kier molecular flexibility index (Phi) is 5.23. The van der Waals surface area contributed by atoms with Crippen LogP contribution in [0.4, 0.5) is 10.7 Å². The number of unbranched alkanes of at least 4 members (excludes halogenated alkanes) is 1. The topological polar surface area (TPSA) is 50.6 Å². The van der Waals surface area contributed by atoms with Gasteiger partial charge in [-0.25, -0.2) is 9.78 Å². The number of benzene rings is 1. The van der Waals surface area contributed by atoms with Crippen molar-refractivity contribution in [3.8, 4) is 0 Å². The number of ether oxygens (including phenoxy) is 1. The summed E-state index contributed by atoms with van der Waals surface area (Å²) in [6, 6.07) is 4.47. The summed E-state index contributed by atoms with van der Waals surface area (Å²) in [5, 5.41) is 0. The number of piperidine rings is 1. The van der Waals surface area contributed by atoms with E-state index in [4.69, 9.17) is 9.72 Å². The molecule has 1 aromatic carbocycles. The predicted molar refractivity (Wildman–Crippen MR) is 107 cm³/mol. The SMILES string of the molecule is CCCCn1c(N2CCCCC2)nc2c3c(ccc21)CCN(C(=O)OC)C3. The molecule has 146 valence electrons. The molecule has 0 bridgehead atoms. The number of aromatic nitrogens is 2. The van der Waals surface area contributed by atoms with E-state index in [1.54, 1.807) is 4.90 Å².